The number of carbonyl (C=O) groups is 2. The molecule has 2 atom stereocenters. The van der Waals surface area contributed by atoms with E-state index in [1.54, 1.807) is 20.8 Å². The van der Waals surface area contributed by atoms with Gasteiger partial charge in [-0.2, -0.15) is 0 Å². The van der Waals surface area contributed by atoms with Gasteiger partial charge in [0.1, 0.15) is 5.60 Å². The summed E-state index contributed by atoms with van der Waals surface area (Å²) in [6.45, 7) is 7.77. The van der Waals surface area contributed by atoms with Gasteiger partial charge in [0.25, 0.3) is 5.91 Å². The Kier molecular flexibility index (Phi) is 5.35. The minimum atomic E-state index is -0.740. The molecule has 1 rings (SSSR count). The van der Waals surface area contributed by atoms with Crippen LogP contribution in [0.15, 0.2) is 0 Å². The van der Waals surface area contributed by atoms with E-state index < -0.39 is 17.8 Å². The molecule has 0 spiro atoms. The first-order chi connectivity index (χ1) is 9.14. The quantitative estimate of drug-likeness (QED) is 0.710. The average Bonchev–Trinajstić information content (AvgIpc) is 2.34. The van der Waals surface area contributed by atoms with Gasteiger partial charge in [0, 0.05) is 7.05 Å². The van der Waals surface area contributed by atoms with Crippen molar-refractivity contribution in [3.05, 3.63) is 0 Å². The van der Waals surface area contributed by atoms with E-state index in [1.165, 1.54) is 19.1 Å². The first-order valence-electron chi connectivity index (χ1n) is 6.59. The van der Waals surface area contributed by atoms with Crippen molar-refractivity contribution in [2.75, 3.05) is 27.2 Å². The van der Waals surface area contributed by atoms with E-state index in [4.69, 9.17) is 14.3 Å². The Morgan fingerprint density at radius 2 is 1.90 bits per heavy atom. The van der Waals surface area contributed by atoms with Crippen molar-refractivity contribution in [1.29, 1.82) is 0 Å². The van der Waals surface area contributed by atoms with Crippen LogP contribution >= 0.6 is 0 Å². The van der Waals surface area contributed by atoms with Gasteiger partial charge < -0.3 is 14.4 Å². The number of morpholine rings is 1. The second-order valence-corrected chi connectivity index (χ2v) is 5.84. The SMILES string of the molecule is CON(C)C(=O)[C@H]1CN(C(=O)OC(C)(C)C)C[C@@H](C)O1. The van der Waals surface area contributed by atoms with Crippen LogP contribution in [0.4, 0.5) is 4.79 Å². The topological polar surface area (TPSA) is 68.3 Å². The predicted octanol–water partition coefficient (Wildman–Crippen LogP) is 1.03. The van der Waals surface area contributed by atoms with Gasteiger partial charge in [-0.1, -0.05) is 0 Å². The van der Waals surface area contributed by atoms with Gasteiger partial charge in [0.2, 0.25) is 0 Å². The highest BCUT2D eigenvalue weighted by Crippen LogP contribution is 2.17. The number of likely N-dealkylation sites (N-methyl/N-ethyl adjacent to an activating group) is 1. The molecule has 0 aromatic rings. The average molecular weight is 288 g/mol. The molecule has 1 fully saturated rings. The van der Waals surface area contributed by atoms with E-state index in [-0.39, 0.29) is 18.6 Å². The van der Waals surface area contributed by atoms with Gasteiger partial charge in [0.15, 0.2) is 6.10 Å². The third kappa shape index (κ3) is 4.64. The molecule has 0 unspecified atom stereocenters. The highest BCUT2D eigenvalue weighted by molar-refractivity contribution is 5.81. The third-order valence-corrected chi connectivity index (χ3v) is 2.77. The first kappa shape index (κ1) is 16.7. The minimum absolute atomic E-state index is 0.159. The Morgan fingerprint density at radius 1 is 1.30 bits per heavy atom. The van der Waals surface area contributed by atoms with Crippen molar-refractivity contribution in [2.24, 2.45) is 0 Å². The molecule has 1 saturated heterocycles. The van der Waals surface area contributed by atoms with E-state index in [2.05, 4.69) is 0 Å². The molecule has 1 aliphatic rings. The van der Waals surface area contributed by atoms with Crippen molar-refractivity contribution >= 4 is 12.0 Å². The summed E-state index contributed by atoms with van der Waals surface area (Å²) in [4.78, 5) is 30.4. The Labute approximate surface area is 119 Å². The number of ether oxygens (including phenoxy) is 2. The van der Waals surface area contributed by atoms with Crippen LogP contribution in [0.1, 0.15) is 27.7 Å². The summed E-state index contributed by atoms with van der Waals surface area (Å²) in [5.41, 5.74) is -0.568. The van der Waals surface area contributed by atoms with Crippen molar-refractivity contribution in [3.63, 3.8) is 0 Å². The highest BCUT2D eigenvalue weighted by atomic mass is 16.7. The van der Waals surface area contributed by atoms with Gasteiger partial charge >= 0.3 is 6.09 Å². The molecule has 2 amide bonds. The second kappa shape index (κ2) is 6.41. The summed E-state index contributed by atoms with van der Waals surface area (Å²) >= 11 is 0. The van der Waals surface area contributed by atoms with Crippen LogP contribution < -0.4 is 0 Å². The summed E-state index contributed by atoms with van der Waals surface area (Å²) in [6, 6.07) is 0. The van der Waals surface area contributed by atoms with Crippen LogP contribution in [0.3, 0.4) is 0 Å². The number of amides is 2. The van der Waals surface area contributed by atoms with E-state index in [0.717, 1.165) is 5.06 Å². The predicted molar refractivity (Wildman–Crippen MR) is 71.9 cm³/mol. The van der Waals surface area contributed by atoms with Crippen molar-refractivity contribution in [3.8, 4) is 0 Å². The number of hydroxylamine groups is 2. The molecular formula is C13H24N2O5. The molecule has 0 N–H and O–H groups in total. The zero-order chi connectivity index (χ0) is 15.5. The van der Waals surface area contributed by atoms with Crippen LogP contribution in [0.5, 0.6) is 0 Å². The molecule has 0 saturated carbocycles. The van der Waals surface area contributed by atoms with Crippen molar-refractivity contribution in [2.45, 2.75) is 45.5 Å². The van der Waals surface area contributed by atoms with Gasteiger partial charge in [-0.15, -0.1) is 0 Å². The Hall–Kier alpha value is -1.34. The molecule has 116 valence electrons. The van der Waals surface area contributed by atoms with E-state index in [1.807, 2.05) is 6.92 Å². The van der Waals surface area contributed by atoms with Gasteiger partial charge in [0.05, 0.1) is 26.3 Å². The Balaban J connectivity index is 2.71. The lowest BCUT2D eigenvalue weighted by Gasteiger charge is -2.37. The summed E-state index contributed by atoms with van der Waals surface area (Å²) < 4.78 is 10.9. The molecule has 0 aromatic heterocycles. The number of nitrogens with zero attached hydrogens (tertiary/aromatic N) is 2. The summed E-state index contributed by atoms with van der Waals surface area (Å²) in [5, 5.41) is 1.09. The maximum atomic E-state index is 12.1. The lowest BCUT2D eigenvalue weighted by atomic mass is 10.2. The molecule has 0 bridgehead atoms. The van der Waals surface area contributed by atoms with Crippen LogP contribution in [0, 0.1) is 0 Å². The molecule has 7 nitrogen and oxygen atoms in total. The monoisotopic (exact) mass is 288 g/mol. The summed E-state index contributed by atoms with van der Waals surface area (Å²) in [6.07, 6.45) is -1.42. The fourth-order valence-electron chi connectivity index (χ4n) is 1.86. The molecule has 0 radical (unpaired) electrons. The van der Waals surface area contributed by atoms with Crippen LogP contribution in [0.2, 0.25) is 0 Å². The summed E-state index contributed by atoms with van der Waals surface area (Å²) in [5.74, 6) is -0.326. The van der Waals surface area contributed by atoms with E-state index >= 15 is 0 Å². The lowest BCUT2D eigenvalue weighted by Crippen LogP contribution is -2.55. The van der Waals surface area contributed by atoms with E-state index in [9.17, 15) is 9.59 Å². The normalized spacial score (nSPS) is 23.4. The van der Waals surface area contributed by atoms with Gasteiger partial charge in [-0.25, -0.2) is 9.86 Å². The maximum Gasteiger partial charge on any atom is 0.410 e. The number of rotatable bonds is 2. The maximum absolute atomic E-state index is 12.1. The van der Waals surface area contributed by atoms with Crippen LogP contribution in [-0.4, -0.2) is 67.0 Å². The minimum Gasteiger partial charge on any atom is -0.444 e. The molecule has 0 aliphatic carbocycles. The fraction of sp³-hybridized carbons (Fsp3) is 0.846. The highest BCUT2D eigenvalue weighted by Gasteiger charge is 2.36. The number of hydrogen-bond acceptors (Lipinski definition) is 5. The van der Waals surface area contributed by atoms with Crippen molar-refractivity contribution in [1.82, 2.24) is 9.96 Å². The molecule has 0 aromatic carbocycles. The zero-order valence-corrected chi connectivity index (χ0v) is 13.0. The smallest absolute Gasteiger partial charge is 0.410 e. The van der Waals surface area contributed by atoms with Crippen LogP contribution in [0.25, 0.3) is 0 Å². The van der Waals surface area contributed by atoms with Crippen molar-refractivity contribution < 1.29 is 23.9 Å². The lowest BCUT2D eigenvalue weighted by molar-refractivity contribution is -0.189. The largest absolute Gasteiger partial charge is 0.444 e. The molecule has 1 heterocycles. The molecule has 7 heteroatoms. The molecule has 20 heavy (non-hydrogen) atoms. The van der Waals surface area contributed by atoms with Crippen LogP contribution in [-0.2, 0) is 19.1 Å². The van der Waals surface area contributed by atoms with Gasteiger partial charge in [-0.05, 0) is 27.7 Å². The number of carbonyl (C=O) groups excluding carboxylic acids is 2. The third-order valence-electron chi connectivity index (χ3n) is 2.77. The molecule has 1 aliphatic heterocycles. The second-order valence-electron chi connectivity index (χ2n) is 5.84. The Morgan fingerprint density at radius 3 is 2.40 bits per heavy atom. The fourth-order valence-corrected chi connectivity index (χ4v) is 1.86. The number of hydrogen-bond donors (Lipinski definition) is 0. The summed E-state index contributed by atoms with van der Waals surface area (Å²) in [7, 11) is 2.90. The molecular weight excluding hydrogens is 264 g/mol. The zero-order valence-electron chi connectivity index (χ0n) is 13.0. The first-order valence-corrected chi connectivity index (χ1v) is 6.59. The Bertz CT molecular complexity index is 366. The van der Waals surface area contributed by atoms with E-state index in [0.29, 0.717) is 6.54 Å². The standard InChI is InChI=1S/C13H24N2O5/c1-9-7-15(12(17)20-13(2,3)4)8-10(19-9)11(16)14(5)18-6/h9-10H,7-8H2,1-6H3/t9-,10-/m1/s1. The van der Waals surface area contributed by atoms with Gasteiger partial charge in [-0.3, -0.25) is 9.63 Å².